The van der Waals surface area contributed by atoms with E-state index >= 15 is 0 Å². The molecule has 0 heterocycles. The highest BCUT2D eigenvalue weighted by Crippen LogP contribution is 2.14. The maximum absolute atomic E-state index is 11.8. The average molecular weight is 199 g/mol. The molecule has 0 bridgehead atoms. The summed E-state index contributed by atoms with van der Waals surface area (Å²) in [6.45, 7) is 1.72. The number of alkyl halides is 3. The number of carbonyl (C=O) groups is 1. The van der Waals surface area contributed by atoms with Crippen LogP contribution >= 0.6 is 0 Å². The van der Waals surface area contributed by atoms with Crippen LogP contribution in [-0.4, -0.2) is 32.3 Å². The summed E-state index contributed by atoms with van der Waals surface area (Å²) < 4.78 is 35.4. The number of amides is 1. The van der Waals surface area contributed by atoms with E-state index in [0.29, 0.717) is 6.42 Å². The van der Waals surface area contributed by atoms with E-state index in [4.69, 9.17) is 0 Å². The third-order valence-corrected chi connectivity index (χ3v) is 1.67. The molecule has 2 N–H and O–H groups in total. The second kappa shape index (κ2) is 4.45. The first kappa shape index (κ1) is 12.2. The summed E-state index contributed by atoms with van der Waals surface area (Å²) in [6, 6.07) is 0. The number of halogens is 3. The van der Waals surface area contributed by atoms with Crippen molar-refractivity contribution in [2.75, 3.05) is 14.1 Å². The third-order valence-electron chi connectivity index (χ3n) is 1.67. The van der Waals surface area contributed by atoms with E-state index in [1.165, 1.54) is 0 Å². The maximum atomic E-state index is 11.8. The lowest BCUT2D eigenvalue weighted by Crippen LogP contribution is -3.12. The van der Waals surface area contributed by atoms with Gasteiger partial charge in [-0.2, -0.15) is 13.2 Å². The molecule has 1 amide bonds. The van der Waals surface area contributed by atoms with Gasteiger partial charge in [0.1, 0.15) is 0 Å². The Morgan fingerprint density at radius 2 is 1.92 bits per heavy atom. The molecule has 0 radical (unpaired) electrons. The van der Waals surface area contributed by atoms with Gasteiger partial charge < -0.3 is 4.90 Å². The zero-order chi connectivity index (χ0) is 10.6. The van der Waals surface area contributed by atoms with Crippen molar-refractivity contribution in [2.24, 2.45) is 0 Å². The molecule has 0 rings (SSSR count). The van der Waals surface area contributed by atoms with Crippen molar-refractivity contribution in [1.82, 2.24) is 5.32 Å². The van der Waals surface area contributed by atoms with Gasteiger partial charge in [-0.3, -0.25) is 10.1 Å². The number of hydrogen-bond acceptors (Lipinski definition) is 1. The van der Waals surface area contributed by atoms with Gasteiger partial charge in [0.05, 0.1) is 14.1 Å². The molecule has 0 saturated heterocycles. The molecule has 6 heteroatoms. The average Bonchev–Trinajstić information content (AvgIpc) is 1.96. The van der Waals surface area contributed by atoms with E-state index < -0.39 is 18.2 Å². The lowest BCUT2D eigenvalue weighted by molar-refractivity contribution is -0.888. The second-order valence-electron chi connectivity index (χ2n) is 3.01. The molecule has 0 aromatic heterocycles. The van der Waals surface area contributed by atoms with E-state index in [1.54, 1.807) is 21.0 Å². The predicted octanol–water partition coefficient (Wildman–Crippen LogP) is -0.454. The Morgan fingerprint density at radius 3 is 2.15 bits per heavy atom. The van der Waals surface area contributed by atoms with Crippen LogP contribution in [0.2, 0.25) is 0 Å². The lowest BCUT2D eigenvalue weighted by Gasteiger charge is -2.21. The lowest BCUT2D eigenvalue weighted by atomic mass is 10.3. The first-order chi connectivity index (χ1) is 5.79. The van der Waals surface area contributed by atoms with Gasteiger partial charge in [0.25, 0.3) is 0 Å². The van der Waals surface area contributed by atoms with Gasteiger partial charge >= 0.3 is 12.1 Å². The molecule has 0 spiro atoms. The van der Waals surface area contributed by atoms with Crippen molar-refractivity contribution in [3.8, 4) is 0 Å². The zero-order valence-electron chi connectivity index (χ0n) is 7.83. The van der Waals surface area contributed by atoms with Crippen LogP contribution in [0, 0.1) is 0 Å². The van der Waals surface area contributed by atoms with Crippen LogP contribution in [0.15, 0.2) is 0 Å². The summed E-state index contributed by atoms with van der Waals surface area (Å²) in [6.07, 6.45) is -4.82. The van der Waals surface area contributed by atoms with Gasteiger partial charge in [0.2, 0.25) is 0 Å². The molecule has 0 aliphatic heterocycles. The minimum absolute atomic E-state index is 0.462. The summed E-state index contributed by atoms with van der Waals surface area (Å²) in [4.78, 5) is 11.3. The van der Waals surface area contributed by atoms with Crippen molar-refractivity contribution in [3.05, 3.63) is 0 Å². The summed E-state index contributed by atoms with van der Waals surface area (Å²) in [5, 5.41) is 1.91. The highest BCUT2D eigenvalue weighted by Gasteiger charge is 2.40. The van der Waals surface area contributed by atoms with Crippen LogP contribution in [0.25, 0.3) is 0 Å². The number of carbonyl (C=O) groups excluding carboxylic acids is 1. The molecule has 0 fully saturated rings. The molecule has 0 aromatic carbocycles. The summed E-state index contributed by atoms with van der Waals surface area (Å²) in [5.74, 6) is -1.87. The van der Waals surface area contributed by atoms with Gasteiger partial charge in [-0.25, -0.2) is 0 Å². The van der Waals surface area contributed by atoms with Crippen molar-refractivity contribution in [1.29, 1.82) is 0 Å². The number of rotatable bonds is 3. The Hall–Kier alpha value is -0.780. The van der Waals surface area contributed by atoms with E-state index in [2.05, 4.69) is 0 Å². The Balaban J connectivity index is 4.18. The molecule has 0 saturated carbocycles. The van der Waals surface area contributed by atoms with Crippen LogP contribution in [0.1, 0.15) is 13.3 Å². The second-order valence-corrected chi connectivity index (χ2v) is 3.01. The highest BCUT2D eigenvalue weighted by molar-refractivity contribution is 5.81. The van der Waals surface area contributed by atoms with Gasteiger partial charge in [-0.1, -0.05) is 6.92 Å². The molecule has 13 heavy (non-hydrogen) atoms. The molecule has 0 aliphatic rings. The van der Waals surface area contributed by atoms with E-state index in [-0.39, 0.29) is 0 Å². The summed E-state index contributed by atoms with van der Waals surface area (Å²) >= 11 is 0. The molecule has 78 valence electrons. The van der Waals surface area contributed by atoms with Crippen molar-refractivity contribution in [3.63, 3.8) is 0 Å². The van der Waals surface area contributed by atoms with Crippen LogP contribution in [-0.2, 0) is 4.79 Å². The monoisotopic (exact) mass is 199 g/mol. The Labute approximate surface area is 74.9 Å². The highest BCUT2D eigenvalue weighted by atomic mass is 19.4. The van der Waals surface area contributed by atoms with Gasteiger partial charge in [0.15, 0.2) is 6.17 Å². The van der Waals surface area contributed by atoms with Gasteiger partial charge in [-0.15, -0.1) is 0 Å². The zero-order valence-corrected chi connectivity index (χ0v) is 7.83. The fourth-order valence-corrected chi connectivity index (χ4v) is 0.895. The Bertz CT molecular complexity index is 179. The molecule has 3 nitrogen and oxygen atoms in total. The third kappa shape index (κ3) is 4.12. The van der Waals surface area contributed by atoms with E-state index in [9.17, 15) is 18.0 Å². The predicted molar refractivity (Wildman–Crippen MR) is 41.1 cm³/mol. The standard InChI is InChI=1S/C7H13F3N2O/c1-4-5(12(2)3)11-6(13)7(8,9)10/h5H,4H2,1-3H3,(H,11,13)/p+1. The summed E-state index contributed by atoms with van der Waals surface area (Å²) in [7, 11) is 3.37. The van der Waals surface area contributed by atoms with Crippen LogP contribution in [0.3, 0.4) is 0 Å². The minimum Gasteiger partial charge on any atom is -0.320 e. The molecule has 0 aromatic rings. The molecular weight excluding hydrogens is 185 g/mol. The van der Waals surface area contributed by atoms with Crippen LogP contribution in [0.5, 0.6) is 0 Å². The van der Waals surface area contributed by atoms with Gasteiger partial charge in [0, 0.05) is 6.42 Å². The van der Waals surface area contributed by atoms with Crippen molar-refractivity contribution in [2.45, 2.75) is 25.7 Å². The number of quaternary nitrogens is 1. The first-order valence-corrected chi connectivity index (χ1v) is 3.96. The number of hydrogen-bond donors (Lipinski definition) is 2. The molecule has 0 aliphatic carbocycles. The van der Waals surface area contributed by atoms with Crippen molar-refractivity contribution < 1.29 is 22.9 Å². The Morgan fingerprint density at radius 1 is 1.46 bits per heavy atom. The molecule has 1 unspecified atom stereocenters. The Kier molecular flexibility index (Phi) is 4.19. The number of nitrogens with one attached hydrogen (secondary N) is 2. The SMILES string of the molecule is CCC(NC(=O)C(F)(F)F)[NH+](C)C. The van der Waals surface area contributed by atoms with E-state index in [1.807, 2.05) is 5.32 Å². The normalized spacial score (nSPS) is 14.4. The minimum atomic E-state index is -4.79. The first-order valence-electron chi connectivity index (χ1n) is 3.96. The van der Waals surface area contributed by atoms with Gasteiger partial charge in [-0.05, 0) is 0 Å². The topological polar surface area (TPSA) is 33.5 Å². The van der Waals surface area contributed by atoms with E-state index in [0.717, 1.165) is 4.90 Å². The molecule has 1 atom stereocenters. The van der Waals surface area contributed by atoms with Crippen molar-refractivity contribution >= 4 is 5.91 Å². The van der Waals surface area contributed by atoms with Crippen LogP contribution < -0.4 is 10.2 Å². The smallest absolute Gasteiger partial charge is 0.320 e. The fourth-order valence-electron chi connectivity index (χ4n) is 0.895. The summed E-state index contributed by atoms with van der Waals surface area (Å²) in [5.41, 5.74) is 0. The maximum Gasteiger partial charge on any atom is 0.471 e. The van der Waals surface area contributed by atoms with Crippen LogP contribution in [0.4, 0.5) is 13.2 Å². The quantitative estimate of drug-likeness (QED) is 0.593. The fraction of sp³-hybridized carbons (Fsp3) is 0.857. The molecular formula is C7H14F3N2O+. The largest absolute Gasteiger partial charge is 0.471 e.